The first-order chi connectivity index (χ1) is 9.06. The van der Waals surface area contributed by atoms with Crippen molar-refractivity contribution in [2.24, 2.45) is 0 Å². The van der Waals surface area contributed by atoms with Gasteiger partial charge in [-0.15, -0.1) is 0 Å². The third-order valence-corrected chi connectivity index (χ3v) is 3.54. The normalized spacial score (nSPS) is 10.5. The maximum atomic E-state index is 10.7. The van der Waals surface area contributed by atoms with Gasteiger partial charge in [-0.3, -0.25) is 10.1 Å². The molecule has 1 rings (SSSR count). The number of benzene rings is 1. The number of ether oxygens (including phenoxy) is 1. The van der Waals surface area contributed by atoms with E-state index in [9.17, 15) is 10.1 Å². The number of nitrogens with zero attached hydrogens (tertiary/aromatic N) is 1. The summed E-state index contributed by atoms with van der Waals surface area (Å²) in [4.78, 5) is 10.3. The van der Waals surface area contributed by atoms with E-state index in [0.29, 0.717) is 21.3 Å². The number of nitrogens with one attached hydrogen (secondary N) is 1. The van der Waals surface area contributed by atoms with E-state index in [2.05, 4.69) is 44.1 Å². The van der Waals surface area contributed by atoms with Gasteiger partial charge in [-0.25, -0.2) is 0 Å². The minimum Gasteiger partial charge on any atom is -0.491 e. The molecule has 0 aliphatic heterocycles. The first-order valence-corrected chi connectivity index (χ1v) is 7.61. The molecule has 0 amide bonds. The minimum atomic E-state index is -0.437. The average Bonchev–Trinajstić information content (AvgIpc) is 2.35. The minimum absolute atomic E-state index is 0.0238. The fourth-order valence-corrected chi connectivity index (χ4v) is 2.85. The molecule has 0 unspecified atom stereocenters. The van der Waals surface area contributed by atoms with Crippen molar-refractivity contribution in [3.63, 3.8) is 0 Å². The molecule has 0 bridgehead atoms. The highest BCUT2D eigenvalue weighted by molar-refractivity contribution is 9.11. The predicted molar refractivity (Wildman–Crippen MR) is 81.8 cm³/mol. The molecule has 0 radical (unpaired) electrons. The molecular weight excluding hydrogens is 380 g/mol. The Bertz CT molecular complexity index is 418. The van der Waals surface area contributed by atoms with Gasteiger partial charge in [0.05, 0.1) is 20.5 Å². The van der Waals surface area contributed by atoms with Gasteiger partial charge in [-0.05, 0) is 57.8 Å². The molecule has 5 nitrogen and oxygen atoms in total. The largest absolute Gasteiger partial charge is 0.491 e. The molecule has 1 aromatic rings. The predicted octanol–water partition coefficient (Wildman–Crippen LogP) is 3.89. The highest BCUT2D eigenvalue weighted by atomic mass is 79.9. The van der Waals surface area contributed by atoms with E-state index in [1.165, 1.54) is 12.1 Å². The summed E-state index contributed by atoms with van der Waals surface area (Å²) in [5.74, 6) is 0.598. The Morgan fingerprint density at radius 2 is 1.95 bits per heavy atom. The van der Waals surface area contributed by atoms with Crippen molar-refractivity contribution >= 4 is 37.5 Å². The Morgan fingerprint density at radius 1 is 1.32 bits per heavy atom. The van der Waals surface area contributed by atoms with Crippen LogP contribution in [-0.2, 0) is 0 Å². The zero-order valence-corrected chi connectivity index (χ0v) is 13.8. The molecule has 7 heteroatoms. The second-order valence-electron chi connectivity index (χ2n) is 3.95. The van der Waals surface area contributed by atoms with Crippen molar-refractivity contribution in [1.82, 2.24) is 5.32 Å². The quantitative estimate of drug-likeness (QED) is 0.412. The first kappa shape index (κ1) is 16.4. The lowest BCUT2D eigenvalue weighted by Gasteiger charge is -2.10. The number of nitro benzene ring substituents is 1. The van der Waals surface area contributed by atoms with E-state index < -0.39 is 4.92 Å². The number of hydrogen-bond acceptors (Lipinski definition) is 4. The van der Waals surface area contributed by atoms with Crippen molar-refractivity contribution in [1.29, 1.82) is 0 Å². The van der Waals surface area contributed by atoms with Gasteiger partial charge in [0.1, 0.15) is 5.75 Å². The molecular formula is C12H16Br2N2O3. The zero-order valence-electron chi connectivity index (χ0n) is 10.6. The van der Waals surface area contributed by atoms with E-state index in [4.69, 9.17) is 4.74 Å². The van der Waals surface area contributed by atoms with Crippen molar-refractivity contribution < 1.29 is 9.66 Å². The lowest BCUT2D eigenvalue weighted by atomic mass is 10.3. The van der Waals surface area contributed by atoms with Gasteiger partial charge < -0.3 is 10.1 Å². The van der Waals surface area contributed by atoms with Crippen LogP contribution in [0.2, 0.25) is 0 Å². The summed E-state index contributed by atoms with van der Waals surface area (Å²) in [6.07, 6.45) is 2.00. The van der Waals surface area contributed by atoms with Gasteiger partial charge in [0, 0.05) is 12.1 Å². The van der Waals surface area contributed by atoms with Crippen molar-refractivity contribution in [3.05, 3.63) is 31.2 Å². The maximum Gasteiger partial charge on any atom is 0.271 e. The van der Waals surface area contributed by atoms with Crippen LogP contribution in [0.3, 0.4) is 0 Å². The summed E-state index contributed by atoms with van der Waals surface area (Å²) >= 11 is 6.57. The van der Waals surface area contributed by atoms with Gasteiger partial charge >= 0.3 is 0 Å². The van der Waals surface area contributed by atoms with Crippen LogP contribution in [-0.4, -0.2) is 24.6 Å². The monoisotopic (exact) mass is 394 g/mol. The lowest BCUT2D eigenvalue weighted by Crippen LogP contribution is -2.18. The summed E-state index contributed by atoms with van der Waals surface area (Å²) in [6.45, 7) is 4.58. The van der Waals surface area contributed by atoms with Crippen LogP contribution in [0.15, 0.2) is 21.1 Å². The number of nitro groups is 1. The van der Waals surface area contributed by atoms with Crippen LogP contribution < -0.4 is 10.1 Å². The van der Waals surface area contributed by atoms with Gasteiger partial charge in [0.25, 0.3) is 5.69 Å². The molecule has 0 saturated heterocycles. The Labute approximate surface area is 129 Å². The third kappa shape index (κ3) is 5.46. The molecule has 0 saturated carbocycles. The summed E-state index contributed by atoms with van der Waals surface area (Å²) < 4.78 is 6.78. The fraction of sp³-hybridized carbons (Fsp3) is 0.500. The Kier molecular flexibility index (Phi) is 7.33. The number of rotatable bonds is 8. The number of halogens is 2. The van der Waals surface area contributed by atoms with E-state index in [0.717, 1.165) is 25.9 Å². The summed E-state index contributed by atoms with van der Waals surface area (Å²) in [7, 11) is 0. The Hall–Kier alpha value is -0.660. The van der Waals surface area contributed by atoms with Gasteiger partial charge in [-0.1, -0.05) is 6.92 Å². The van der Waals surface area contributed by atoms with Crippen LogP contribution in [0.1, 0.15) is 19.8 Å². The van der Waals surface area contributed by atoms with Crippen LogP contribution in [0.4, 0.5) is 5.69 Å². The van der Waals surface area contributed by atoms with Crippen LogP contribution in [0.5, 0.6) is 5.75 Å². The molecule has 0 fully saturated rings. The molecule has 0 aromatic heterocycles. The highest BCUT2D eigenvalue weighted by Crippen LogP contribution is 2.37. The summed E-state index contributed by atoms with van der Waals surface area (Å²) in [5, 5.41) is 14.0. The van der Waals surface area contributed by atoms with Crippen molar-refractivity contribution in [3.8, 4) is 5.75 Å². The molecule has 19 heavy (non-hydrogen) atoms. The fourth-order valence-electron chi connectivity index (χ4n) is 1.46. The third-order valence-electron chi connectivity index (χ3n) is 2.36. The smallest absolute Gasteiger partial charge is 0.271 e. The topological polar surface area (TPSA) is 64.4 Å². The van der Waals surface area contributed by atoms with E-state index in [1.54, 1.807) is 0 Å². The molecule has 0 aliphatic carbocycles. The van der Waals surface area contributed by atoms with E-state index in [-0.39, 0.29) is 5.69 Å². The molecule has 1 aromatic carbocycles. The second kappa shape index (κ2) is 8.50. The van der Waals surface area contributed by atoms with E-state index in [1.807, 2.05) is 0 Å². The average molecular weight is 396 g/mol. The van der Waals surface area contributed by atoms with Crippen molar-refractivity contribution in [2.75, 3.05) is 19.7 Å². The standard InChI is InChI=1S/C12H16Br2N2O3/c1-2-4-15-5-3-6-19-12-10(13)7-9(16(17)18)8-11(12)14/h7-8,15H,2-6H2,1H3. The van der Waals surface area contributed by atoms with Gasteiger partial charge in [0.2, 0.25) is 0 Å². The molecule has 1 N–H and O–H groups in total. The molecule has 0 atom stereocenters. The summed E-state index contributed by atoms with van der Waals surface area (Å²) in [5.41, 5.74) is 0.0238. The first-order valence-electron chi connectivity index (χ1n) is 6.03. The Morgan fingerprint density at radius 3 is 2.47 bits per heavy atom. The Balaban J connectivity index is 2.52. The molecule has 0 heterocycles. The molecule has 0 spiro atoms. The lowest BCUT2D eigenvalue weighted by molar-refractivity contribution is -0.385. The van der Waals surface area contributed by atoms with Gasteiger partial charge in [-0.2, -0.15) is 0 Å². The highest BCUT2D eigenvalue weighted by Gasteiger charge is 2.14. The molecule has 106 valence electrons. The summed E-state index contributed by atoms with van der Waals surface area (Å²) in [6, 6.07) is 2.88. The van der Waals surface area contributed by atoms with Crippen LogP contribution >= 0.6 is 31.9 Å². The van der Waals surface area contributed by atoms with Crippen LogP contribution in [0, 0.1) is 10.1 Å². The SMILES string of the molecule is CCCNCCCOc1c(Br)cc([N+](=O)[O-])cc1Br. The van der Waals surface area contributed by atoms with Gasteiger partial charge in [0.15, 0.2) is 0 Å². The second-order valence-corrected chi connectivity index (χ2v) is 5.66. The maximum absolute atomic E-state index is 10.7. The zero-order chi connectivity index (χ0) is 14.3. The molecule has 0 aliphatic rings. The van der Waals surface area contributed by atoms with Crippen LogP contribution in [0.25, 0.3) is 0 Å². The number of non-ortho nitro benzene ring substituents is 1. The van der Waals surface area contributed by atoms with E-state index >= 15 is 0 Å². The number of hydrogen-bond donors (Lipinski definition) is 1. The van der Waals surface area contributed by atoms with Crippen molar-refractivity contribution in [2.45, 2.75) is 19.8 Å².